The molecule has 1 fully saturated rings. The van der Waals surface area contributed by atoms with Gasteiger partial charge in [0, 0.05) is 55.8 Å². The number of nitrogens with zero attached hydrogens (tertiary/aromatic N) is 5. The smallest absolute Gasteiger partial charge is 0.246 e. The van der Waals surface area contributed by atoms with Crippen molar-refractivity contribution in [2.75, 3.05) is 31.1 Å². The number of benzene rings is 2. The Morgan fingerprint density at radius 1 is 0.818 bits per heavy atom. The Hall–Kier alpha value is -4.19. The van der Waals surface area contributed by atoms with Crippen LogP contribution in [0.4, 0.5) is 5.82 Å². The van der Waals surface area contributed by atoms with Crippen LogP contribution in [0.25, 0.3) is 23.0 Å². The molecule has 3 heterocycles. The number of hydrogen-bond donors (Lipinski definition) is 0. The molecule has 1 aliphatic heterocycles. The lowest BCUT2D eigenvalue weighted by Crippen LogP contribution is -2.48. The summed E-state index contributed by atoms with van der Waals surface area (Å²) in [6.45, 7) is 2.90. The van der Waals surface area contributed by atoms with Crippen LogP contribution in [0.15, 0.2) is 97.3 Å². The monoisotopic (exact) mass is 435 g/mol. The summed E-state index contributed by atoms with van der Waals surface area (Å²) in [4.78, 5) is 21.4. The zero-order chi connectivity index (χ0) is 22.5. The van der Waals surface area contributed by atoms with Gasteiger partial charge in [-0.05, 0) is 30.3 Å². The van der Waals surface area contributed by atoms with E-state index in [1.165, 1.54) is 0 Å². The highest BCUT2D eigenvalue weighted by molar-refractivity contribution is 5.93. The highest BCUT2D eigenvalue weighted by atomic mass is 16.2. The van der Waals surface area contributed by atoms with Crippen LogP contribution in [0.3, 0.4) is 0 Å². The minimum atomic E-state index is 0.0159. The van der Waals surface area contributed by atoms with Gasteiger partial charge in [0.2, 0.25) is 5.91 Å². The second kappa shape index (κ2) is 9.53. The van der Waals surface area contributed by atoms with E-state index < -0.39 is 0 Å². The number of amides is 1. The van der Waals surface area contributed by atoms with Gasteiger partial charge in [-0.25, -0.2) is 9.67 Å². The largest absolute Gasteiger partial charge is 0.353 e. The molecule has 2 aromatic heterocycles. The van der Waals surface area contributed by atoms with Gasteiger partial charge in [-0.1, -0.05) is 54.6 Å². The molecule has 4 aromatic rings. The van der Waals surface area contributed by atoms with Gasteiger partial charge in [0.25, 0.3) is 0 Å². The minimum Gasteiger partial charge on any atom is -0.353 e. The number of para-hydroxylation sites is 1. The number of aromatic nitrogens is 3. The van der Waals surface area contributed by atoms with E-state index in [2.05, 4.69) is 9.88 Å². The maximum Gasteiger partial charge on any atom is 0.246 e. The summed E-state index contributed by atoms with van der Waals surface area (Å²) in [6, 6.07) is 26.0. The van der Waals surface area contributed by atoms with Gasteiger partial charge in [0.15, 0.2) is 0 Å². The van der Waals surface area contributed by atoms with Crippen molar-refractivity contribution >= 4 is 17.8 Å². The van der Waals surface area contributed by atoms with E-state index >= 15 is 0 Å². The molecule has 0 aliphatic carbocycles. The normalized spacial score (nSPS) is 14.1. The third-order valence-electron chi connectivity index (χ3n) is 5.78. The lowest BCUT2D eigenvalue weighted by molar-refractivity contribution is -0.126. The average molecular weight is 436 g/mol. The van der Waals surface area contributed by atoms with Crippen molar-refractivity contribution in [1.82, 2.24) is 19.7 Å². The van der Waals surface area contributed by atoms with E-state index in [1.54, 1.807) is 12.3 Å². The predicted molar refractivity (Wildman–Crippen MR) is 131 cm³/mol. The second-order valence-corrected chi connectivity index (χ2v) is 7.91. The molecule has 1 saturated heterocycles. The van der Waals surface area contributed by atoms with Crippen LogP contribution in [0, 0.1) is 0 Å². The molecule has 0 spiro atoms. The number of carbonyl (C=O) groups excluding carboxylic acids is 1. The van der Waals surface area contributed by atoms with E-state index in [9.17, 15) is 4.79 Å². The maximum atomic E-state index is 12.9. The highest BCUT2D eigenvalue weighted by Crippen LogP contribution is 2.25. The molecule has 0 bridgehead atoms. The number of anilines is 1. The molecule has 33 heavy (non-hydrogen) atoms. The van der Waals surface area contributed by atoms with E-state index in [4.69, 9.17) is 5.10 Å². The molecule has 0 unspecified atom stereocenters. The molecule has 6 heteroatoms. The highest BCUT2D eigenvalue weighted by Gasteiger charge is 2.20. The number of carbonyl (C=O) groups is 1. The van der Waals surface area contributed by atoms with Crippen molar-refractivity contribution in [1.29, 1.82) is 0 Å². The standard InChI is InChI=1S/C27H25N5O/c33-26(31-19-17-30(18-20-31)25-13-7-8-16-28-25)15-14-23-21-32(24-11-5-2-6-12-24)29-27(23)22-9-3-1-4-10-22/h1-16,21H,17-20H2. The van der Waals surface area contributed by atoms with Gasteiger partial charge in [-0.15, -0.1) is 0 Å². The number of hydrogen-bond acceptors (Lipinski definition) is 4. The first-order valence-corrected chi connectivity index (χ1v) is 11.1. The Morgan fingerprint density at radius 2 is 1.52 bits per heavy atom. The Kier molecular flexibility index (Phi) is 5.97. The second-order valence-electron chi connectivity index (χ2n) is 7.91. The third-order valence-corrected chi connectivity index (χ3v) is 5.78. The molecule has 0 saturated carbocycles. The number of piperazine rings is 1. The molecule has 6 nitrogen and oxygen atoms in total. The molecular weight excluding hydrogens is 410 g/mol. The molecule has 0 N–H and O–H groups in total. The fourth-order valence-electron chi connectivity index (χ4n) is 4.01. The van der Waals surface area contributed by atoms with Gasteiger partial charge in [-0.3, -0.25) is 4.79 Å². The van der Waals surface area contributed by atoms with Crippen molar-refractivity contribution < 1.29 is 4.79 Å². The lowest BCUT2D eigenvalue weighted by Gasteiger charge is -2.34. The van der Waals surface area contributed by atoms with Crippen molar-refractivity contribution in [3.63, 3.8) is 0 Å². The van der Waals surface area contributed by atoms with Crippen molar-refractivity contribution in [3.8, 4) is 16.9 Å². The van der Waals surface area contributed by atoms with Crippen LogP contribution in [-0.4, -0.2) is 51.8 Å². The van der Waals surface area contributed by atoms with Crippen LogP contribution < -0.4 is 4.90 Å². The molecule has 164 valence electrons. The van der Waals surface area contributed by atoms with Gasteiger partial charge in [0.1, 0.15) is 5.82 Å². The maximum absolute atomic E-state index is 12.9. The number of rotatable bonds is 5. The topological polar surface area (TPSA) is 54.3 Å². The van der Waals surface area contributed by atoms with Crippen molar-refractivity contribution in [2.24, 2.45) is 0 Å². The molecule has 0 atom stereocenters. The zero-order valence-corrected chi connectivity index (χ0v) is 18.3. The van der Waals surface area contributed by atoms with Crippen molar-refractivity contribution in [2.45, 2.75) is 0 Å². The summed E-state index contributed by atoms with van der Waals surface area (Å²) in [7, 11) is 0. The van der Waals surface area contributed by atoms with E-state index in [0.29, 0.717) is 13.1 Å². The molecular formula is C27H25N5O. The van der Waals surface area contributed by atoms with Crippen LogP contribution in [0.5, 0.6) is 0 Å². The van der Waals surface area contributed by atoms with Gasteiger partial charge < -0.3 is 9.80 Å². The van der Waals surface area contributed by atoms with E-state index in [-0.39, 0.29) is 5.91 Å². The van der Waals surface area contributed by atoms with Crippen LogP contribution >= 0.6 is 0 Å². The fraction of sp³-hybridized carbons (Fsp3) is 0.148. The predicted octanol–water partition coefficient (Wildman–Crippen LogP) is 4.30. The lowest BCUT2D eigenvalue weighted by atomic mass is 10.1. The Morgan fingerprint density at radius 3 is 2.21 bits per heavy atom. The Labute approximate surface area is 193 Å². The molecule has 1 amide bonds. The summed E-state index contributed by atoms with van der Waals surface area (Å²) < 4.78 is 1.86. The Balaban J connectivity index is 1.33. The summed E-state index contributed by atoms with van der Waals surface area (Å²) >= 11 is 0. The van der Waals surface area contributed by atoms with E-state index in [1.807, 2.05) is 101 Å². The molecule has 0 radical (unpaired) electrons. The van der Waals surface area contributed by atoms with Gasteiger partial charge in [-0.2, -0.15) is 5.10 Å². The van der Waals surface area contributed by atoms with Crippen LogP contribution in [-0.2, 0) is 4.79 Å². The zero-order valence-electron chi connectivity index (χ0n) is 18.3. The first kappa shape index (κ1) is 20.7. The van der Waals surface area contributed by atoms with Crippen molar-refractivity contribution in [3.05, 3.63) is 103 Å². The number of pyridine rings is 1. The van der Waals surface area contributed by atoms with Gasteiger partial charge in [0.05, 0.1) is 11.4 Å². The average Bonchev–Trinajstić information content (AvgIpc) is 3.33. The SMILES string of the molecule is O=C(C=Cc1cn(-c2ccccc2)nc1-c1ccccc1)N1CCN(c2ccccn2)CC1. The quantitative estimate of drug-likeness (QED) is 0.439. The van der Waals surface area contributed by atoms with Gasteiger partial charge >= 0.3 is 0 Å². The molecule has 5 rings (SSSR count). The van der Waals surface area contributed by atoms with Crippen LogP contribution in [0.1, 0.15) is 5.56 Å². The summed E-state index contributed by atoms with van der Waals surface area (Å²) in [5.74, 6) is 0.975. The third kappa shape index (κ3) is 4.70. The molecule has 2 aromatic carbocycles. The minimum absolute atomic E-state index is 0.0159. The summed E-state index contributed by atoms with van der Waals surface area (Å²) in [6.07, 6.45) is 7.31. The Bertz CT molecular complexity index is 1230. The van der Waals surface area contributed by atoms with E-state index in [0.717, 1.165) is 41.4 Å². The van der Waals surface area contributed by atoms with Crippen LogP contribution in [0.2, 0.25) is 0 Å². The fourth-order valence-corrected chi connectivity index (χ4v) is 4.01. The summed E-state index contributed by atoms with van der Waals surface area (Å²) in [5.41, 5.74) is 3.75. The molecule has 1 aliphatic rings. The first-order valence-electron chi connectivity index (χ1n) is 11.1. The summed E-state index contributed by atoms with van der Waals surface area (Å²) in [5, 5.41) is 4.81. The first-order chi connectivity index (χ1) is 16.3.